The molecule has 1 aromatic carbocycles. The van der Waals surface area contributed by atoms with E-state index in [0.29, 0.717) is 5.75 Å². The van der Waals surface area contributed by atoms with Crippen molar-refractivity contribution < 1.29 is 10.2 Å². The summed E-state index contributed by atoms with van der Waals surface area (Å²) < 4.78 is 0. The molecule has 2 unspecified atom stereocenters. The van der Waals surface area contributed by atoms with Crippen LogP contribution in [0.4, 0.5) is 0 Å². The zero-order chi connectivity index (χ0) is 16.6. The highest BCUT2D eigenvalue weighted by molar-refractivity contribution is 5.85. The lowest BCUT2D eigenvalue weighted by Gasteiger charge is -2.55. The highest BCUT2D eigenvalue weighted by Crippen LogP contribution is 2.55. The van der Waals surface area contributed by atoms with E-state index in [1.807, 2.05) is 6.07 Å². The van der Waals surface area contributed by atoms with Crippen LogP contribution in [0, 0.1) is 5.92 Å². The average molecular weight is 366 g/mol. The number of aromatic hydroxyl groups is 1. The Labute approximate surface area is 157 Å². The number of aliphatic hydroxyl groups is 1. The molecule has 25 heavy (non-hydrogen) atoms. The van der Waals surface area contributed by atoms with Crippen LogP contribution < -0.4 is 5.32 Å². The van der Waals surface area contributed by atoms with Crippen molar-refractivity contribution in [3.05, 3.63) is 29.3 Å². The fraction of sp³-hybridized carbons (Fsp3) is 0.714. The van der Waals surface area contributed by atoms with Gasteiger partial charge in [-0.05, 0) is 87.2 Å². The maximum Gasteiger partial charge on any atom is 0.115 e. The fourth-order valence-corrected chi connectivity index (χ4v) is 5.43. The molecule has 2 atom stereocenters. The van der Waals surface area contributed by atoms with Crippen LogP contribution in [0.5, 0.6) is 5.75 Å². The third-order valence-electron chi connectivity index (χ3n) is 7.14. The van der Waals surface area contributed by atoms with Crippen molar-refractivity contribution in [2.24, 2.45) is 5.92 Å². The van der Waals surface area contributed by atoms with Crippen molar-refractivity contribution in [3.8, 4) is 5.75 Å². The molecule has 3 N–H and O–H groups in total. The second-order valence-electron chi connectivity index (χ2n) is 8.41. The normalized spacial score (nSPS) is 31.4. The summed E-state index contributed by atoms with van der Waals surface area (Å²) >= 11 is 0. The Morgan fingerprint density at radius 2 is 1.88 bits per heavy atom. The molecule has 0 bridgehead atoms. The number of aryl methyl sites for hydroxylation is 1. The van der Waals surface area contributed by atoms with E-state index in [4.69, 9.17) is 0 Å². The predicted octanol–water partition coefficient (Wildman–Crippen LogP) is 4.08. The average Bonchev–Trinajstić information content (AvgIpc) is 2.53. The van der Waals surface area contributed by atoms with Crippen LogP contribution in [0.3, 0.4) is 0 Å². The number of fused-ring (bicyclic) bond motifs is 3. The van der Waals surface area contributed by atoms with Crippen molar-refractivity contribution >= 4 is 12.4 Å². The lowest BCUT2D eigenvalue weighted by Crippen LogP contribution is -2.57. The van der Waals surface area contributed by atoms with Crippen LogP contribution in [-0.2, 0) is 11.8 Å². The zero-order valence-corrected chi connectivity index (χ0v) is 15.9. The van der Waals surface area contributed by atoms with E-state index in [9.17, 15) is 10.2 Å². The van der Waals surface area contributed by atoms with Crippen LogP contribution in [0.15, 0.2) is 18.2 Å². The lowest BCUT2D eigenvalue weighted by atomic mass is 9.53. The first-order valence-corrected chi connectivity index (χ1v) is 9.88. The molecule has 0 radical (unpaired) electrons. The van der Waals surface area contributed by atoms with Gasteiger partial charge < -0.3 is 15.5 Å². The molecule has 0 aromatic heterocycles. The maximum absolute atomic E-state index is 11.5. The highest BCUT2D eigenvalue weighted by Gasteiger charge is 2.54. The Morgan fingerprint density at radius 1 is 1.08 bits per heavy atom. The van der Waals surface area contributed by atoms with Crippen LogP contribution in [0.25, 0.3) is 0 Å². The van der Waals surface area contributed by atoms with Gasteiger partial charge >= 0.3 is 0 Å². The summed E-state index contributed by atoms with van der Waals surface area (Å²) in [5, 5.41) is 25.3. The maximum atomic E-state index is 11.5. The van der Waals surface area contributed by atoms with Crippen LogP contribution in [0.1, 0.15) is 68.9 Å². The van der Waals surface area contributed by atoms with Crippen molar-refractivity contribution in [2.45, 2.75) is 75.2 Å². The second-order valence-corrected chi connectivity index (χ2v) is 8.41. The Morgan fingerprint density at radius 3 is 2.64 bits per heavy atom. The molecular formula is C21H32ClNO2. The molecular weight excluding hydrogens is 334 g/mol. The minimum Gasteiger partial charge on any atom is -0.508 e. The van der Waals surface area contributed by atoms with Gasteiger partial charge in [-0.1, -0.05) is 25.3 Å². The number of phenolic OH excluding ortho intramolecular Hbond substituents is 1. The van der Waals surface area contributed by atoms with E-state index in [-0.39, 0.29) is 17.8 Å². The van der Waals surface area contributed by atoms with Crippen molar-refractivity contribution in [2.75, 3.05) is 13.1 Å². The number of nitrogens with one attached hydrogen (secondary N) is 1. The first-order chi connectivity index (χ1) is 11.6. The summed E-state index contributed by atoms with van der Waals surface area (Å²) in [7, 11) is 0. The first-order valence-electron chi connectivity index (χ1n) is 9.88. The molecule has 3 nitrogen and oxygen atoms in total. The van der Waals surface area contributed by atoms with Crippen molar-refractivity contribution in [3.63, 3.8) is 0 Å². The van der Waals surface area contributed by atoms with Gasteiger partial charge in [0.15, 0.2) is 0 Å². The Bertz CT molecular complexity index is 604. The standard InChI is InChI=1S/C21H31NO2.ClH/c23-18-7-6-17-8-11-21(24)10-2-1-9-20(21,19(17)14-18)12-13-22-15-16-4-3-5-16;/h6-7,14,16,22-24H,1-5,8-13,15H2;1H. The fourth-order valence-electron chi connectivity index (χ4n) is 5.43. The summed E-state index contributed by atoms with van der Waals surface area (Å²) in [4.78, 5) is 0. The zero-order valence-electron chi connectivity index (χ0n) is 15.1. The van der Waals surface area contributed by atoms with E-state index in [1.54, 1.807) is 6.07 Å². The van der Waals surface area contributed by atoms with E-state index < -0.39 is 5.60 Å². The van der Waals surface area contributed by atoms with E-state index in [2.05, 4.69) is 11.4 Å². The minimum atomic E-state index is -0.593. The number of rotatable bonds is 5. The third-order valence-corrected chi connectivity index (χ3v) is 7.14. The summed E-state index contributed by atoms with van der Waals surface area (Å²) in [5.41, 5.74) is 1.79. The summed E-state index contributed by atoms with van der Waals surface area (Å²) in [6, 6.07) is 5.81. The molecule has 2 fully saturated rings. The van der Waals surface area contributed by atoms with Crippen LogP contribution >= 0.6 is 12.4 Å². The molecule has 0 amide bonds. The SMILES string of the molecule is Cl.Oc1ccc2c(c1)C1(CCNCC3CCC3)CCCCC1(O)CC2. The van der Waals surface area contributed by atoms with E-state index in [1.165, 1.54) is 36.8 Å². The molecule has 0 saturated heterocycles. The molecule has 0 spiro atoms. The van der Waals surface area contributed by atoms with Crippen molar-refractivity contribution in [1.29, 1.82) is 0 Å². The van der Waals surface area contributed by atoms with Gasteiger partial charge in [-0.15, -0.1) is 12.4 Å². The summed E-state index contributed by atoms with van der Waals surface area (Å²) in [6.45, 7) is 2.09. The quantitative estimate of drug-likeness (QED) is 0.689. The number of phenols is 1. The van der Waals surface area contributed by atoms with Gasteiger partial charge in [0.25, 0.3) is 0 Å². The Kier molecular flexibility index (Phi) is 5.67. The largest absolute Gasteiger partial charge is 0.508 e. The van der Waals surface area contributed by atoms with Gasteiger partial charge in [0.05, 0.1) is 5.60 Å². The molecule has 2 saturated carbocycles. The number of hydrogen-bond donors (Lipinski definition) is 3. The topological polar surface area (TPSA) is 52.5 Å². The number of hydrogen-bond acceptors (Lipinski definition) is 3. The molecule has 1 aromatic rings. The molecule has 4 rings (SSSR count). The second kappa shape index (κ2) is 7.46. The highest BCUT2D eigenvalue weighted by atomic mass is 35.5. The number of halogens is 1. The molecule has 3 aliphatic carbocycles. The van der Waals surface area contributed by atoms with Gasteiger partial charge in [-0.3, -0.25) is 0 Å². The van der Waals surface area contributed by atoms with Crippen LogP contribution in [0.2, 0.25) is 0 Å². The van der Waals surface area contributed by atoms with E-state index in [0.717, 1.165) is 57.5 Å². The van der Waals surface area contributed by atoms with Crippen molar-refractivity contribution in [1.82, 2.24) is 5.32 Å². The van der Waals surface area contributed by atoms with Gasteiger partial charge in [-0.2, -0.15) is 0 Å². The lowest BCUT2D eigenvalue weighted by molar-refractivity contribution is -0.0869. The Balaban J connectivity index is 0.00000182. The van der Waals surface area contributed by atoms with Gasteiger partial charge in [-0.25, -0.2) is 0 Å². The summed E-state index contributed by atoms with van der Waals surface area (Å²) in [6.07, 6.45) is 11.2. The monoisotopic (exact) mass is 365 g/mol. The molecule has 140 valence electrons. The van der Waals surface area contributed by atoms with E-state index >= 15 is 0 Å². The predicted molar refractivity (Wildman–Crippen MR) is 104 cm³/mol. The third kappa shape index (κ3) is 3.31. The smallest absolute Gasteiger partial charge is 0.115 e. The molecule has 3 aliphatic rings. The van der Waals surface area contributed by atoms with Gasteiger partial charge in [0, 0.05) is 5.41 Å². The summed E-state index contributed by atoms with van der Waals surface area (Å²) in [5.74, 6) is 1.21. The van der Waals surface area contributed by atoms with Crippen LogP contribution in [-0.4, -0.2) is 28.9 Å². The molecule has 0 aliphatic heterocycles. The molecule has 0 heterocycles. The van der Waals surface area contributed by atoms with Gasteiger partial charge in [0.2, 0.25) is 0 Å². The first kappa shape index (κ1) is 19.0. The molecule has 4 heteroatoms. The minimum absolute atomic E-state index is 0. The van der Waals surface area contributed by atoms with Gasteiger partial charge in [0.1, 0.15) is 5.75 Å². The number of benzene rings is 1. The Hall–Kier alpha value is -0.770.